The summed E-state index contributed by atoms with van der Waals surface area (Å²) in [7, 11) is 0. The van der Waals surface area contributed by atoms with Gasteiger partial charge in [0.25, 0.3) is 0 Å². The van der Waals surface area contributed by atoms with Crippen LogP contribution in [-0.2, 0) is 15.8 Å². The molecule has 5 nitrogen and oxygen atoms in total. The van der Waals surface area contributed by atoms with Gasteiger partial charge < -0.3 is 15.3 Å². The molecule has 8 heteroatoms. The summed E-state index contributed by atoms with van der Waals surface area (Å²) in [5.74, 6) is -1.57. The molecule has 2 atom stereocenters. The van der Waals surface area contributed by atoms with Crippen molar-refractivity contribution in [1.82, 2.24) is 4.90 Å². The molecular formula is C16H17F3N2O3. The third-order valence-corrected chi connectivity index (χ3v) is 4.61. The van der Waals surface area contributed by atoms with E-state index in [-0.39, 0.29) is 17.8 Å². The molecule has 1 aromatic rings. The summed E-state index contributed by atoms with van der Waals surface area (Å²) in [6, 6.07) is 3.63. The zero-order chi connectivity index (χ0) is 17.5. The third kappa shape index (κ3) is 3.24. The largest absolute Gasteiger partial charge is 0.416 e. The number of hydrogen-bond donors (Lipinski definition) is 2. The van der Waals surface area contributed by atoms with Crippen LogP contribution in [0.2, 0.25) is 0 Å². The molecule has 24 heavy (non-hydrogen) atoms. The van der Waals surface area contributed by atoms with Gasteiger partial charge in [0.1, 0.15) is 0 Å². The lowest BCUT2D eigenvalue weighted by Gasteiger charge is -2.36. The number of nitrogens with zero attached hydrogens (tertiary/aromatic N) is 1. The molecule has 2 bridgehead atoms. The van der Waals surface area contributed by atoms with Crippen LogP contribution in [0.3, 0.4) is 0 Å². The number of hydrogen-bond acceptors (Lipinski definition) is 3. The number of piperidine rings is 1. The van der Waals surface area contributed by atoms with Gasteiger partial charge in [-0.2, -0.15) is 13.2 Å². The normalized spacial score (nSPS) is 26.3. The summed E-state index contributed by atoms with van der Waals surface area (Å²) < 4.78 is 37.5. The van der Waals surface area contributed by atoms with Crippen LogP contribution in [0.1, 0.15) is 31.2 Å². The summed E-state index contributed by atoms with van der Waals surface area (Å²) in [4.78, 5) is 26.0. The topological polar surface area (TPSA) is 69.6 Å². The van der Waals surface area contributed by atoms with Gasteiger partial charge in [-0.25, -0.2) is 0 Å². The summed E-state index contributed by atoms with van der Waals surface area (Å²) >= 11 is 0. The summed E-state index contributed by atoms with van der Waals surface area (Å²) in [5.41, 5.74) is -0.694. The molecule has 1 aromatic carbocycles. The number of aliphatic hydroxyl groups is 1. The maximum atomic E-state index is 12.5. The van der Waals surface area contributed by atoms with E-state index in [1.807, 2.05) is 0 Å². The molecule has 0 radical (unpaired) electrons. The molecule has 2 aliphatic rings. The van der Waals surface area contributed by atoms with Gasteiger partial charge in [-0.1, -0.05) is 0 Å². The van der Waals surface area contributed by atoms with E-state index >= 15 is 0 Å². The molecule has 2 unspecified atom stereocenters. The van der Waals surface area contributed by atoms with Crippen molar-refractivity contribution in [3.63, 3.8) is 0 Å². The van der Waals surface area contributed by atoms with E-state index in [0.29, 0.717) is 12.8 Å². The van der Waals surface area contributed by atoms with Crippen LogP contribution in [-0.4, -0.2) is 40.0 Å². The first-order valence-electron chi connectivity index (χ1n) is 7.74. The van der Waals surface area contributed by atoms with Gasteiger partial charge in [0, 0.05) is 17.8 Å². The summed E-state index contributed by atoms with van der Waals surface area (Å²) in [5, 5.41) is 12.1. The van der Waals surface area contributed by atoms with Crippen LogP contribution in [0.4, 0.5) is 18.9 Å². The number of anilines is 1. The molecule has 2 aliphatic heterocycles. The first-order valence-corrected chi connectivity index (χ1v) is 7.74. The maximum absolute atomic E-state index is 12.5. The zero-order valence-electron chi connectivity index (χ0n) is 12.7. The van der Waals surface area contributed by atoms with Crippen molar-refractivity contribution >= 4 is 17.5 Å². The van der Waals surface area contributed by atoms with Crippen molar-refractivity contribution in [2.45, 2.75) is 50.0 Å². The van der Waals surface area contributed by atoms with Gasteiger partial charge in [0.2, 0.25) is 0 Å². The Morgan fingerprint density at radius 2 is 1.62 bits per heavy atom. The highest BCUT2D eigenvalue weighted by molar-refractivity contribution is 6.39. The first kappa shape index (κ1) is 16.8. The van der Waals surface area contributed by atoms with Gasteiger partial charge >= 0.3 is 18.0 Å². The number of benzene rings is 1. The van der Waals surface area contributed by atoms with Gasteiger partial charge in [-0.05, 0) is 49.9 Å². The Bertz CT molecular complexity index is 631. The molecule has 0 aliphatic carbocycles. The van der Waals surface area contributed by atoms with E-state index in [4.69, 9.17) is 0 Å². The maximum Gasteiger partial charge on any atom is 0.416 e. The molecule has 3 rings (SSSR count). The minimum Gasteiger partial charge on any atom is -0.393 e. The number of halogens is 3. The number of alkyl halides is 3. The van der Waals surface area contributed by atoms with Gasteiger partial charge in [-0.15, -0.1) is 0 Å². The molecule has 2 heterocycles. The number of amides is 2. The van der Waals surface area contributed by atoms with Crippen molar-refractivity contribution < 1.29 is 27.9 Å². The number of aliphatic hydroxyl groups excluding tert-OH is 1. The van der Waals surface area contributed by atoms with Crippen molar-refractivity contribution in [2.75, 3.05) is 5.32 Å². The minimum absolute atomic E-state index is 0.130. The molecule has 2 fully saturated rings. The monoisotopic (exact) mass is 342 g/mol. The van der Waals surface area contributed by atoms with Crippen LogP contribution < -0.4 is 5.32 Å². The smallest absolute Gasteiger partial charge is 0.393 e. The average Bonchev–Trinajstić information content (AvgIpc) is 2.77. The molecule has 130 valence electrons. The SMILES string of the molecule is O=C(Nc1ccc(C(F)(F)F)cc1)C(=O)N1C2CCC1CC(O)C2. The Kier molecular flexibility index (Phi) is 4.25. The van der Waals surface area contributed by atoms with Crippen LogP contribution in [0, 0.1) is 0 Å². The fourth-order valence-corrected chi connectivity index (χ4v) is 3.52. The number of carbonyl (C=O) groups is 2. The van der Waals surface area contributed by atoms with Crippen LogP contribution >= 0.6 is 0 Å². The number of rotatable bonds is 1. The Hall–Kier alpha value is -2.09. The van der Waals surface area contributed by atoms with Crippen LogP contribution in [0.25, 0.3) is 0 Å². The standard InChI is InChI=1S/C16H17F3N2O3/c17-16(18,19)9-1-3-10(4-2-9)20-14(23)15(24)21-11-5-6-12(21)8-13(22)7-11/h1-4,11-13,22H,5-8H2,(H,20,23). The number of carbonyl (C=O) groups excluding carboxylic acids is 2. The predicted octanol–water partition coefficient (Wildman–Crippen LogP) is 2.16. The molecule has 2 amide bonds. The van der Waals surface area contributed by atoms with Crippen molar-refractivity contribution in [2.24, 2.45) is 0 Å². The second-order valence-corrected chi connectivity index (χ2v) is 6.25. The Morgan fingerprint density at radius 3 is 2.12 bits per heavy atom. The lowest BCUT2D eigenvalue weighted by atomic mass is 10.00. The van der Waals surface area contributed by atoms with E-state index in [0.717, 1.165) is 37.1 Å². The Morgan fingerprint density at radius 1 is 1.08 bits per heavy atom. The van der Waals surface area contributed by atoms with Crippen LogP contribution in [0.15, 0.2) is 24.3 Å². The lowest BCUT2D eigenvalue weighted by Crippen LogP contribution is -2.51. The van der Waals surface area contributed by atoms with E-state index in [9.17, 15) is 27.9 Å². The van der Waals surface area contributed by atoms with Gasteiger partial charge in [-0.3, -0.25) is 9.59 Å². The fourth-order valence-electron chi connectivity index (χ4n) is 3.52. The van der Waals surface area contributed by atoms with E-state index in [1.165, 1.54) is 4.90 Å². The quantitative estimate of drug-likeness (QED) is 0.769. The zero-order valence-corrected chi connectivity index (χ0v) is 12.7. The fraction of sp³-hybridized carbons (Fsp3) is 0.500. The highest BCUT2D eigenvalue weighted by atomic mass is 19.4. The number of fused-ring (bicyclic) bond motifs is 2. The van der Waals surface area contributed by atoms with Crippen molar-refractivity contribution in [1.29, 1.82) is 0 Å². The van der Waals surface area contributed by atoms with Crippen molar-refractivity contribution in [3.8, 4) is 0 Å². The highest BCUT2D eigenvalue weighted by Gasteiger charge is 2.44. The first-order chi connectivity index (χ1) is 11.3. The van der Waals surface area contributed by atoms with Gasteiger partial charge in [0.05, 0.1) is 11.7 Å². The summed E-state index contributed by atoms with van der Waals surface area (Å²) in [6.45, 7) is 0. The second kappa shape index (κ2) is 6.08. The Balaban J connectivity index is 1.66. The lowest BCUT2D eigenvalue weighted by molar-refractivity contribution is -0.147. The van der Waals surface area contributed by atoms with Crippen molar-refractivity contribution in [3.05, 3.63) is 29.8 Å². The molecular weight excluding hydrogens is 325 g/mol. The average molecular weight is 342 g/mol. The third-order valence-electron chi connectivity index (χ3n) is 4.61. The molecule has 0 aromatic heterocycles. The van der Waals surface area contributed by atoms with E-state index in [1.54, 1.807) is 0 Å². The molecule has 0 saturated carbocycles. The molecule has 0 spiro atoms. The predicted molar refractivity (Wildman–Crippen MR) is 79.0 cm³/mol. The van der Waals surface area contributed by atoms with E-state index in [2.05, 4.69) is 5.32 Å². The number of nitrogens with one attached hydrogen (secondary N) is 1. The molecule has 2 N–H and O–H groups in total. The minimum atomic E-state index is -4.45. The van der Waals surface area contributed by atoms with E-state index < -0.39 is 29.7 Å². The second-order valence-electron chi connectivity index (χ2n) is 6.25. The van der Waals surface area contributed by atoms with Gasteiger partial charge in [0.15, 0.2) is 0 Å². The molecule has 2 saturated heterocycles. The Labute approximate surface area is 136 Å². The highest BCUT2D eigenvalue weighted by Crippen LogP contribution is 2.36. The summed E-state index contributed by atoms with van der Waals surface area (Å²) in [6.07, 6.45) is -2.50. The van der Waals surface area contributed by atoms with Crippen LogP contribution in [0.5, 0.6) is 0 Å².